The van der Waals surface area contributed by atoms with Crippen LogP contribution in [0.5, 0.6) is 11.5 Å². The molecule has 5 rings (SSSR count). The van der Waals surface area contributed by atoms with E-state index in [0.717, 1.165) is 40.5 Å². The molecule has 2 N–H and O–H groups in total. The predicted octanol–water partition coefficient (Wildman–Crippen LogP) is 5.04. The third-order valence-corrected chi connectivity index (χ3v) is 7.51. The lowest BCUT2D eigenvalue weighted by molar-refractivity contribution is -0.142. The minimum absolute atomic E-state index is 0.194. The smallest absolute Gasteiger partial charge is 0.189 e. The lowest BCUT2D eigenvalue weighted by Crippen LogP contribution is -2.47. The summed E-state index contributed by atoms with van der Waals surface area (Å²) in [7, 11) is 0. The number of aliphatic hydroxyl groups excluding tert-OH is 1. The average molecular weight is 395 g/mol. The van der Waals surface area contributed by atoms with Crippen LogP contribution in [0.15, 0.2) is 48.5 Å². The summed E-state index contributed by atoms with van der Waals surface area (Å²) in [5.41, 5.74) is 1.54. The first kappa shape index (κ1) is 19.0. The number of fused-ring (bicyclic) bond motifs is 2. The van der Waals surface area contributed by atoms with E-state index in [2.05, 4.69) is 0 Å². The molecule has 3 aliphatic rings. The van der Waals surface area contributed by atoms with Gasteiger partial charge in [0.1, 0.15) is 17.6 Å². The number of benzene rings is 2. The summed E-state index contributed by atoms with van der Waals surface area (Å²) in [6.45, 7) is 0.297. The van der Waals surface area contributed by atoms with Gasteiger partial charge in [0.15, 0.2) is 6.79 Å². The van der Waals surface area contributed by atoms with Crippen molar-refractivity contribution in [1.82, 2.24) is 0 Å². The summed E-state index contributed by atoms with van der Waals surface area (Å²) in [4.78, 5) is 0. The quantitative estimate of drug-likeness (QED) is 0.674. The zero-order valence-electron chi connectivity index (χ0n) is 16.7. The van der Waals surface area contributed by atoms with Gasteiger partial charge in [0.25, 0.3) is 0 Å². The molecule has 29 heavy (non-hydrogen) atoms. The van der Waals surface area contributed by atoms with Crippen molar-refractivity contribution in [3.63, 3.8) is 0 Å². The van der Waals surface area contributed by atoms with Crippen molar-refractivity contribution in [2.75, 3.05) is 6.79 Å². The second-order valence-corrected chi connectivity index (χ2v) is 9.12. The number of rotatable bonds is 6. The maximum atomic E-state index is 10.5. The molecular formula is C25H30O4. The van der Waals surface area contributed by atoms with Gasteiger partial charge in [-0.3, -0.25) is 0 Å². The molecule has 3 saturated carbocycles. The largest absolute Gasteiger partial charge is 0.508 e. The minimum atomic E-state index is -0.725. The summed E-state index contributed by atoms with van der Waals surface area (Å²) >= 11 is 0. The molecule has 4 heteroatoms. The van der Waals surface area contributed by atoms with Crippen LogP contribution >= 0.6 is 0 Å². The molecule has 4 nitrogen and oxygen atoms in total. The Morgan fingerprint density at radius 2 is 1.31 bits per heavy atom. The maximum Gasteiger partial charge on any atom is 0.189 e. The molecule has 0 heterocycles. The molecule has 0 aromatic heterocycles. The first-order valence-corrected chi connectivity index (χ1v) is 11.0. The predicted molar refractivity (Wildman–Crippen MR) is 111 cm³/mol. The summed E-state index contributed by atoms with van der Waals surface area (Å²) in [6.07, 6.45) is 7.80. The van der Waals surface area contributed by atoms with Crippen LogP contribution < -0.4 is 4.74 Å². The summed E-state index contributed by atoms with van der Waals surface area (Å²) < 4.78 is 12.1. The fourth-order valence-electron chi connectivity index (χ4n) is 6.00. The topological polar surface area (TPSA) is 58.9 Å². The summed E-state index contributed by atoms with van der Waals surface area (Å²) in [5.74, 6) is 4.35. The third kappa shape index (κ3) is 3.88. The zero-order chi connectivity index (χ0) is 19.8. The van der Waals surface area contributed by atoms with Gasteiger partial charge in [-0.25, -0.2) is 0 Å². The lowest BCUT2D eigenvalue weighted by atomic mass is 9.56. The van der Waals surface area contributed by atoms with Crippen molar-refractivity contribution in [2.45, 2.75) is 50.7 Å². The van der Waals surface area contributed by atoms with E-state index in [1.165, 1.54) is 38.5 Å². The van der Waals surface area contributed by atoms with Crippen LogP contribution in [0.25, 0.3) is 0 Å². The van der Waals surface area contributed by atoms with E-state index in [9.17, 15) is 10.2 Å². The highest BCUT2D eigenvalue weighted by atomic mass is 16.7. The van der Waals surface area contributed by atoms with Gasteiger partial charge in [-0.2, -0.15) is 0 Å². The van der Waals surface area contributed by atoms with E-state index in [-0.39, 0.29) is 5.75 Å². The van der Waals surface area contributed by atoms with Gasteiger partial charge in [-0.05, 0) is 97.6 Å². The van der Waals surface area contributed by atoms with Gasteiger partial charge in [0.05, 0.1) is 6.10 Å². The Morgan fingerprint density at radius 1 is 0.759 bits per heavy atom. The molecule has 3 bridgehead atoms. The van der Waals surface area contributed by atoms with Gasteiger partial charge in [-0.15, -0.1) is 0 Å². The van der Waals surface area contributed by atoms with E-state index in [1.807, 2.05) is 24.3 Å². The van der Waals surface area contributed by atoms with Crippen LogP contribution in [-0.4, -0.2) is 23.1 Å². The number of ether oxygens (including phenoxy) is 2. The first-order valence-electron chi connectivity index (χ1n) is 11.0. The Hall–Kier alpha value is -2.04. The highest BCUT2D eigenvalue weighted by molar-refractivity contribution is 5.36. The van der Waals surface area contributed by atoms with E-state index in [1.54, 1.807) is 24.3 Å². The standard InChI is InChI=1S/C25H30O4/c26-22-9-5-17(6-10-22)24(27)18-7-11-23(12-8-18)28-15-29-25-19-3-1-16-2-4-20(25)14-21(16)13-19/h5-12,16,19-21,24-27H,1-4,13-15H2. The summed E-state index contributed by atoms with van der Waals surface area (Å²) in [5, 5.41) is 19.9. The molecule has 0 saturated heterocycles. The Kier molecular flexibility index (Phi) is 5.23. The molecule has 154 valence electrons. The minimum Gasteiger partial charge on any atom is -0.508 e. The van der Waals surface area contributed by atoms with Crippen LogP contribution in [0.1, 0.15) is 55.8 Å². The Labute approximate surface area is 172 Å². The van der Waals surface area contributed by atoms with Crippen molar-refractivity contribution in [1.29, 1.82) is 0 Å². The second kappa shape index (κ2) is 8.00. The fraction of sp³-hybridized carbons (Fsp3) is 0.520. The van der Waals surface area contributed by atoms with Gasteiger partial charge in [0, 0.05) is 0 Å². The van der Waals surface area contributed by atoms with Gasteiger partial charge in [0.2, 0.25) is 0 Å². The normalized spacial score (nSPS) is 31.4. The number of hydrogen-bond donors (Lipinski definition) is 2. The highest BCUT2D eigenvalue weighted by Gasteiger charge is 2.47. The second-order valence-electron chi connectivity index (χ2n) is 9.12. The lowest BCUT2D eigenvalue weighted by Gasteiger charge is -2.52. The van der Waals surface area contributed by atoms with Crippen molar-refractivity contribution in [3.05, 3.63) is 59.7 Å². The average Bonchev–Trinajstić information content (AvgIpc) is 2.75. The molecule has 0 aliphatic heterocycles. The van der Waals surface area contributed by atoms with Crippen LogP contribution in [0.3, 0.4) is 0 Å². The van der Waals surface area contributed by atoms with Crippen molar-refractivity contribution in [2.24, 2.45) is 23.7 Å². The van der Waals surface area contributed by atoms with Gasteiger partial charge in [-0.1, -0.05) is 24.3 Å². The molecule has 3 fully saturated rings. The fourth-order valence-corrected chi connectivity index (χ4v) is 6.00. The maximum absolute atomic E-state index is 10.5. The SMILES string of the molecule is Oc1ccc(C(O)c2ccc(OCOC3C4CCC5CCC3CC5C4)cc2)cc1. The van der Waals surface area contributed by atoms with Crippen LogP contribution in [0.4, 0.5) is 0 Å². The first-order chi connectivity index (χ1) is 14.2. The number of hydrogen-bond acceptors (Lipinski definition) is 4. The van der Waals surface area contributed by atoms with Crippen molar-refractivity contribution in [3.8, 4) is 11.5 Å². The Morgan fingerprint density at radius 3 is 1.93 bits per heavy atom. The molecule has 2 aromatic carbocycles. The van der Waals surface area contributed by atoms with Crippen LogP contribution in [0, 0.1) is 23.7 Å². The molecular weight excluding hydrogens is 364 g/mol. The monoisotopic (exact) mass is 394 g/mol. The Bertz CT molecular complexity index is 798. The molecule has 0 amide bonds. The summed E-state index contributed by atoms with van der Waals surface area (Å²) in [6, 6.07) is 14.1. The van der Waals surface area contributed by atoms with E-state index < -0.39 is 6.10 Å². The number of phenols is 1. The van der Waals surface area contributed by atoms with E-state index in [4.69, 9.17) is 9.47 Å². The van der Waals surface area contributed by atoms with E-state index >= 15 is 0 Å². The van der Waals surface area contributed by atoms with Crippen LogP contribution in [-0.2, 0) is 4.74 Å². The van der Waals surface area contributed by atoms with Crippen molar-refractivity contribution >= 4 is 0 Å². The van der Waals surface area contributed by atoms with Crippen LogP contribution in [0.2, 0.25) is 0 Å². The molecule has 0 spiro atoms. The number of aromatic hydroxyl groups is 1. The zero-order valence-corrected chi connectivity index (χ0v) is 16.7. The Balaban J connectivity index is 1.16. The number of aliphatic hydroxyl groups is 1. The molecule has 3 unspecified atom stereocenters. The number of phenolic OH excluding ortho intramolecular Hbond substituents is 1. The third-order valence-electron chi connectivity index (χ3n) is 7.51. The van der Waals surface area contributed by atoms with Gasteiger partial charge >= 0.3 is 0 Å². The highest BCUT2D eigenvalue weighted by Crippen LogP contribution is 2.53. The van der Waals surface area contributed by atoms with Gasteiger partial charge < -0.3 is 19.7 Å². The molecule has 3 aliphatic carbocycles. The van der Waals surface area contributed by atoms with Crippen molar-refractivity contribution < 1.29 is 19.7 Å². The molecule has 0 radical (unpaired) electrons. The van der Waals surface area contributed by atoms with E-state index in [0.29, 0.717) is 12.9 Å². The molecule has 2 aromatic rings. The molecule has 3 atom stereocenters.